The molecule has 0 amide bonds. The van der Waals surface area contributed by atoms with Gasteiger partial charge in [0.25, 0.3) is 0 Å². The minimum Gasteiger partial charge on any atom is -0.460 e. The van der Waals surface area contributed by atoms with Crippen LogP contribution >= 0.6 is 0 Å². The van der Waals surface area contributed by atoms with Crippen LogP contribution in [0.3, 0.4) is 0 Å². The fourth-order valence-electron chi connectivity index (χ4n) is 8.69. The molecule has 0 aromatic heterocycles. The fraction of sp³-hybridized carbons (Fsp3) is 0.643. The second-order valence-electron chi connectivity index (χ2n) is 11.9. The average Bonchev–Trinajstić information content (AvgIpc) is 3.43. The summed E-state index contributed by atoms with van der Waals surface area (Å²) in [5, 5.41) is 0. The Balaban J connectivity index is 1.67. The first-order chi connectivity index (χ1) is 17.8. The number of halogens is 3. The molecule has 5 rings (SSSR count). The van der Waals surface area contributed by atoms with Crippen LogP contribution in [-0.4, -0.2) is 32.8 Å². The minimum atomic E-state index is -5.92. The van der Waals surface area contributed by atoms with Crippen molar-refractivity contribution in [1.82, 2.24) is 0 Å². The molecule has 0 spiro atoms. The first-order valence-electron chi connectivity index (χ1n) is 13.1. The number of alkyl halides is 3. The Kier molecular flexibility index (Phi) is 6.42. The zero-order valence-corrected chi connectivity index (χ0v) is 22.5. The number of hydrogen-bond donors (Lipinski definition) is 0. The molecule has 208 valence electrons. The topological polar surface area (TPSA) is 86.7 Å². The van der Waals surface area contributed by atoms with E-state index in [0.717, 1.165) is 18.3 Å². The third-order valence-electron chi connectivity index (χ3n) is 10.1. The summed E-state index contributed by atoms with van der Waals surface area (Å²) in [5.41, 5.74) is -8.40. The second kappa shape index (κ2) is 8.91. The Bertz CT molecular complexity index is 1260. The lowest BCUT2D eigenvalue weighted by Gasteiger charge is -2.58. The van der Waals surface area contributed by atoms with E-state index in [1.807, 2.05) is 32.9 Å². The molecule has 3 saturated carbocycles. The Labute approximate surface area is 221 Å². The summed E-state index contributed by atoms with van der Waals surface area (Å²) < 4.78 is 74.9. The van der Waals surface area contributed by atoms with Crippen molar-refractivity contribution in [2.24, 2.45) is 45.8 Å². The number of carbonyl (C=O) groups is 2. The van der Waals surface area contributed by atoms with Crippen molar-refractivity contribution in [3.05, 3.63) is 47.5 Å². The van der Waals surface area contributed by atoms with Crippen molar-refractivity contribution in [3.63, 3.8) is 0 Å². The third-order valence-corrected chi connectivity index (χ3v) is 11.1. The smallest absolute Gasteiger partial charge is 0.460 e. The van der Waals surface area contributed by atoms with Crippen molar-refractivity contribution in [2.45, 2.75) is 58.6 Å². The lowest BCUT2D eigenvalue weighted by molar-refractivity contribution is -0.190. The number of benzene rings is 1. The Morgan fingerprint density at radius 2 is 1.84 bits per heavy atom. The van der Waals surface area contributed by atoms with Gasteiger partial charge in [0.2, 0.25) is 0 Å². The van der Waals surface area contributed by atoms with E-state index in [9.17, 15) is 31.2 Å². The molecule has 10 heteroatoms. The van der Waals surface area contributed by atoms with Gasteiger partial charge in [-0.15, -0.1) is 0 Å². The van der Waals surface area contributed by atoms with Crippen molar-refractivity contribution in [1.29, 1.82) is 0 Å². The molecule has 1 aromatic carbocycles. The van der Waals surface area contributed by atoms with Crippen LogP contribution in [0.5, 0.6) is 0 Å². The van der Waals surface area contributed by atoms with Crippen molar-refractivity contribution >= 4 is 22.4 Å². The summed E-state index contributed by atoms with van der Waals surface area (Å²) in [5.74, 6) is -1.42. The number of fused-ring (bicyclic) bond motifs is 2. The standard InChI is InChI=1S/C28H33F3O6S/c1-17(2)23-11-20-12-25(15-32)22-10-9-18(3)21(22)13-26(20,16-37-38(34,35)28(29,30)31)27(23,25)24(33)36-14-19-7-5-4-6-8-19/h4-8,11,15,17-18,20-22H,9-10,12-14,16H2,1-3H3/t18-,20+,21-,22-,25+,26+,27+/m1/s1. The zero-order chi connectivity index (χ0) is 27.7. The maximum absolute atomic E-state index is 14.4. The number of ether oxygens (including phenoxy) is 1. The number of aldehydes is 1. The van der Waals surface area contributed by atoms with Gasteiger partial charge in [0.15, 0.2) is 0 Å². The highest BCUT2D eigenvalue weighted by atomic mass is 32.2. The first-order valence-corrected chi connectivity index (χ1v) is 14.5. The number of allylic oxidation sites excluding steroid dienone is 1. The summed E-state index contributed by atoms with van der Waals surface area (Å²) in [4.78, 5) is 27.7. The van der Waals surface area contributed by atoms with Gasteiger partial charge in [0.05, 0.1) is 12.0 Å². The van der Waals surface area contributed by atoms with Crippen LogP contribution in [0, 0.1) is 45.8 Å². The molecule has 4 bridgehead atoms. The highest BCUT2D eigenvalue weighted by molar-refractivity contribution is 7.87. The molecule has 0 unspecified atom stereocenters. The molecular weight excluding hydrogens is 521 g/mol. The van der Waals surface area contributed by atoms with Gasteiger partial charge in [-0.3, -0.25) is 8.98 Å². The highest BCUT2D eigenvalue weighted by Gasteiger charge is 2.84. The zero-order valence-electron chi connectivity index (χ0n) is 21.7. The predicted octanol–water partition coefficient (Wildman–Crippen LogP) is 5.44. The lowest BCUT2D eigenvalue weighted by atomic mass is 9.43. The van der Waals surface area contributed by atoms with Crippen LogP contribution in [0.1, 0.15) is 52.0 Å². The first kappa shape index (κ1) is 27.4. The van der Waals surface area contributed by atoms with Crippen LogP contribution in [0.4, 0.5) is 13.2 Å². The van der Waals surface area contributed by atoms with E-state index in [1.165, 1.54) is 0 Å². The molecule has 4 aliphatic rings. The van der Waals surface area contributed by atoms with E-state index in [1.54, 1.807) is 24.3 Å². The van der Waals surface area contributed by atoms with E-state index in [-0.39, 0.29) is 36.7 Å². The Morgan fingerprint density at radius 1 is 1.16 bits per heavy atom. The summed E-state index contributed by atoms with van der Waals surface area (Å²) in [6.07, 6.45) is 4.83. The van der Waals surface area contributed by atoms with Crippen molar-refractivity contribution < 1.29 is 40.1 Å². The number of carbonyl (C=O) groups excluding carboxylic acids is 2. The normalized spacial score (nSPS) is 37.7. The van der Waals surface area contributed by atoms with E-state index in [4.69, 9.17) is 8.92 Å². The molecule has 0 saturated heterocycles. The Hall–Kier alpha value is -2.20. The van der Waals surface area contributed by atoms with Crippen LogP contribution in [-0.2, 0) is 35.2 Å². The van der Waals surface area contributed by atoms with Crippen LogP contribution in [0.2, 0.25) is 0 Å². The number of esters is 1. The van der Waals surface area contributed by atoms with E-state index in [2.05, 4.69) is 0 Å². The maximum atomic E-state index is 14.4. The molecule has 3 fully saturated rings. The molecular formula is C28H33F3O6S. The van der Waals surface area contributed by atoms with Gasteiger partial charge >= 0.3 is 21.6 Å². The molecule has 7 atom stereocenters. The van der Waals surface area contributed by atoms with E-state index in [0.29, 0.717) is 18.4 Å². The SMILES string of the molecule is CC(C)C1=C[C@H]2C[C@]3(C=O)[C@@H]4CC[C@@H](C)[C@H]4C[C@@]2(COS(=O)(=O)C(F)(F)F)[C@]13C(=O)OCc1ccccc1. The van der Waals surface area contributed by atoms with E-state index < -0.39 is 50.4 Å². The summed E-state index contributed by atoms with van der Waals surface area (Å²) in [6.45, 7) is 4.90. The summed E-state index contributed by atoms with van der Waals surface area (Å²) >= 11 is 0. The van der Waals surface area contributed by atoms with Gasteiger partial charge in [-0.25, -0.2) is 0 Å². The summed E-state index contributed by atoms with van der Waals surface area (Å²) in [7, 11) is -5.92. The highest BCUT2D eigenvalue weighted by Crippen LogP contribution is 2.83. The van der Waals surface area contributed by atoms with Crippen molar-refractivity contribution in [2.75, 3.05) is 6.61 Å². The maximum Gasteiger partial charge on any atom is 0.523 e. The lowest BCUT2D eigenvalue weighted by Crippen LogP contribution is -2.64. The molecule has 0 radical (unpaired) electrons. The molecule has 6 nitrogen and oxygen atoms in total. The Morgan fingerprint density at radius 3 is 2.45 bits per heavy atom. The molecule has 0 heterocycles. The molecule has 1 aromatic rings. The van der Waals surface area contributed by atoms with Gasteiger partial charge in [-0.2, -0.15) is 21.6 Å². The van der Waals surface area contributed by atoms with Gasteiger partial charge < -0.3 is 9.53 Å². The number of hydrogen-bond acceptors (Lipinski definition) is 6. The fourth-order valence-corrected chi connectivity index (χ4v) is 9.19. The third kappa shape index (κ3) is 3.44. The molecule has 0 aliphatic heterocycles. The number of rotatable bonds is 8. The van der Waals surface area contributed by atoms with Gasteiger partial charge in [-0.1, -0.05) is 69.2 Å². The molecule has 4 aliphatic carbocycles. The summed E-state index contributed by atoms with van der Waals surface area (Å²) in [6, 6.07) is 8.99. The molecule has 38 heavy (non-hydrogen) atoms. The average molecular weight is 555 g/mol. The van der Waals surface area contributed by atoms with Crippen LogP contribution in [0.15, 0.2) is 42.0 Å². The quantitative estimate of drug-likeness (QED) is 0.140. The minimum absolute atomic E-state index is 0.0441. The van der Waals surface area contributed by atoms with Crippen LogP contribution < -0.4 is 0 Å². The van der Waals surface area contributed by atoms with E-state index >= 15 is 0 Å². The van der Waals surface area contributed by atoms with Gasteiger partial charge in [-0.05, 0) is 54.4 Å². The van der Waals surface area contributed by atoms with Gasteiger partial charge in [0, 0.05) is 5.41 Å². The van der Waals surface area contributed by atoms with Crippen LogP contribution in [0.25, 0.3) is 0 Å². The largest absolute Gasteiger partial charge is 0.523 e. The van der Waals surface area contributed by atoms with Gasteiger partial charge in [0.1, 0.15) is 18.3 Å². The predicted molar refractivity (Wildman–Crippen MR) is 132 cm³/mol. The molecule has 0 N–H and O–H groups in total. The second-order valence-corrected chi connectivity index (χ2v) is 13.5. The monoisotopic (exact) mass is 554 g/mol. The van der Waals surface area contributed by atoms with Crippen molar-refractivity contribution in [3.8, 4) is 0 Å².